The number of benzene rings is 2. The number of hydrogen-bond donors (Lipinski definition) is 2. The van der Waals surface area contributed by atoms with Crippen molar-refractivity contribution in [2.75, 3.05) is 59.1 Å². The van der Waals surface area contributed by atoms with Gasteiger partial charge in [0.1, 0.15) is 23.0 Å². The molecule has 0 unspecified atom stereocenters. The summed E-state index contributed by atoms with van der Waals surface area (Å²) in [5.41, 5.74) is 1.01. The molecule has 0 aliphatic carbocycles. The molecule has 0 atom stereocenters. The number of rotatable bonds is 11. The Kier molecular flexibility index (Phi) is 8.94. The van der Waals surface area contributed by atoms with Crippen LogP contribution >= 0.6 is 0 Å². The number of nitrogens with one attached hydrogen (secondary N) is 2. The van der Waals surface area contributed by atoms with Gasteiger partial charge in [-0.25, -0.2) is 8.42 Å². The Balaban J connectivity index is 2.30. The Morgan fingerprint density at radius 1 is 0.939 bits per heavy atom. The van der Waals surface area contributed by atoms with Gasteiger partial charge in [0.15, 0.2) is 0 Å². The van der Waals surface area contributed by atoms with Gasteiger partial charge in [-0.1, -0.05) is 0 Å². The zero-order valence-corrected chi connectivity index (χ0v) is 20.3. The molecule has 11 heteroatoms. The Morgan fingerprint density at radius 3 is 2.06 bits per heavy atom. The van der Waals surface area contributed by atoms with Gasteiger partial charge < -0.3 is 29.2 Å². The Morgan fingerprint density at radius 2 is 1.55 bits per heavy atom. The molecule has 0 radical (unpaired) electrons. The van der Waals surface area contributed by atoms with Crippen LogP contribution in [0.2, 0.25) is 0 Å². The van der Waals surface area contributed by atoms with Crippen LogP contribution in [0, 0.1) is 0 Å². The molecule has 0 aliphatic rings. The van der Waals surface area contributed by atoms with Gasteiger partial charge in [-0.2, -0.15) is 0 Å². The minimum Gasteiger partial charge on any atom is -0.496 e. The van der Waals surface area contributed by atoms with Crippen molar-refractivity contribution in [2.45, 2.75) is 0 Å². The van der Waals surface area contributed by atoms with Crippen molar-refractivity contribution in [3.05, 3.63) is 41.3 Å². The topological polar surface area (TPSA) is 115 Å². The largest absolute Gasteiger partial charge is 0.496 e. The van der Waals surface area contributed by atoms with Crippen LogP contribution in [0.25, 0.3) is 6.08 Å². The summed E-state index contributed by atoms with van der Waals surface area (Å²) in [6, 6.07) is 7.80. The lowest BCUT2D eigenvalue weighted by Crippen LogP contribution is -2.27. The highest BCUT2D eigenvalue weighted by Crippen LogP contribution is 2.35. The van der Waals surface area contributed by atoms with E-state index in [0.29, 0.717) is 34.2 Å². The van der Waals surface area contributed by atoms with Gasteiger partial charge in [0.2, 0.25) is 5.91 Å². The van der Waals surface area contributed by atoms with Crippen LogP contribution in [-0.2, 0) is 14.8 Å². The van der Waals surface area contributed by atoms with E-state index >= 15 is 0 Å². The summed E-state index contributed by atoms with van der Waals surface area (Å²) in [4.78, 5) is 13.8. The lowest BCUT2D eigenvalue weighted by atomic mass is 10.1. The van der Waals surface area contributed by atoms with Crippen molar-refractivity contribution >= 4 is 33.4 Å². The molecule has 0 aliphatic heterocycles. The molecule has 0 saturated heterocycles. The first-order valence-corrected chi connectivity index (χ1v) is 11.3. The van der Waals surface area contributed by atoms with Crippen molar-refractivity contribution in [1.29, 1.82) is 0 Å². The molecule has 0 aromatic heterocycles. The molecule has 180 valence electrons. The number of nitrogens with zero attached hydrogens (tertiary/aromatic N) is 1. The van der Waals surface area contributed by atoms with Crippen molar-refractivity contribution in [1.82, 2.24) is 4.90 Å². The van der Waals surface area contributed by atoms with Gasteiger partial charge in [-0.15, -0.1) is 0 Å². The van der Waals surface area contributed by atoms with Crippen molar-refractivity contribution in [2.24, 2.45) is 0 Å². The van der Waals surface area contributed by atoms with Crippen molar-refractivity contribution < 1.29 is 32.2 Å². The molecule has 0 spiro atoms. The maximum absolute atomic E-state index is 12.7. The molecule has 10 nitrogen and oxygen atoms in total. The van der Waals surface area contributed by atoms with E-state index in [4.69, 9.17) is 18.9 Å². The van der Waals surface area contributed by atoms with Crippen LogP contribution in [0.15, 0.2) is 35.7 Å². The zero-order chi connectivity index (χ0) is 24.6. The van der Waals surface area contributed by atoms with Gasteiger partial charge >= 0.3 is 0 Å². The number of anilines is 2. The number of carbonyl (C=O) groups is 1. The van der Waals surface area contributed by atoms with Crippen molar-refractivity contribution in [3.8, 4) is 23.0 Å². The molecular formula is C22H29N3O7S. The SMILES string of the molecule is COc1cc(OC)c(C=CS(=O)(=O)Nc2ccc(OC)c(NC(=O)CN(C)C)c2)c(OC)c1. The van der Waals surface area contributed by atoms with Crippen LogP contribution in [0.3, 0.4) is 0 Å². The monoisotopic (exact) mass is 479 g/mol. The van der Waals surface area contributed by atoms with Gasteiger partial charge in [0.05, 0.1) is 57.3 Å². The molecule has 2 rings (SSSR count). The second-order valence-electron chi connectivity index (χ2n) is 7.10. The highest BCUT2D eigenvalue weighted by Gasteiger charge is 2.15. The number of ether oxygens (including phenoxy) is 4. The van der Waals surface area contributed by atoms with E-state index in [1.54, 1.807) is 37.2 Å². The minimum absolute atomic E-state index is 0.160. The third kappa shape index (κ3) is 7.29. The number of sulfonamides is 1. The van der Waals surface area contributed by atoms with Crippen LogP contribution in [0.5, 0.6) is 23.0 Å². The summed E-state index contributed by atoms with van der Waals surface area (Å²) in [6.07, 6.45) is 1.36. The standard InChI is InChI=1S/C22H29N3O7S/c1-25(2)14-22(26)23-18-11-15(7-8-19(18)30-4)24-33(27,28)10-9-17-20(31-5)12-16(29-3)13-21(17)32-6/h7-13,24H,14H2,1-6H3,(H,23,26). The first-order valence-electron chi connectivity index (χ1n) is 9.76. The van der Waals surface area contributed by atoms with Gasteiger partial charge in [-0.05, 0) is 38.4 Å². The van der Waals surface area contributed by atoms with E-state index in [9.17, 15) is 13.2 Å². The van der Waals surface area contributed by atoms with Crippen LogP contribution < -0.4 is 29.0 Å². The van der Waals surface area contributed by atoms with E-state index < -0.39 is 10.0 Å². The number of likely N-dealkylation sites (N-methyl/N-ethyl adjacent to an activating group) is 1. The number of carbonyl (C=O) groups excluding carboxylic acids is 1. The highest BCUT2D eigenvalue weighted by molar-refractivity contribution is 7.95. The molecule has 0 bridgehead atoms. The Bertz CT molecular complexity index is 1090. The molecule has 0 heterocycles. The lowest BCUT2D eigenvalue weighted by Gasteiger charge is -2.14. The predicted octanol–water partition coefficient (Wildman–Crippen LogP) is 2.63. The number of hydrogen-bond acceptors (Lipinski definition) is 8. The second kappa shape index (κ2) is 11.4. The highest BCUT2D eigenvalue weighted by atomic mass is 32.2. The minimum atomic E-state index is -3.92. The first-order chi connectivity index (χ1) is 15.6. The summed E-state index contributed by atoms with van der Waals surface area (Å²) in [5, 5.41) is 3.71. The zero-order valence-electron chi connectivity index (χ0n) is 19.5. The summed E-state index contributed by atoms with van der Waals surface area (Å²) in [5.74, 6) is 1.40. The lowest BCUT2D eigenvalue weighted by molar-refractivity contribution is -0.116. The normalized spacial score (nSPS) is 11.4. The summed E-state index contributed by atoms with van der Waals surface area (Å²) in [7, 11) is 5.49. The fraction of sp³-hybridized carbons (Fsp3) is 0.318. The molecule has 2 aromatic rings. The second-order valence-corrected chi connectivity index (χ2v) is 8.66. The van der Waals surface area contributed by atoms with E-state index in [2.05, 4.69) is 10.0 Å². The van der Waals surface area contributed by atoms with Gasteiger partial charge in [-0.3, -0.25) is 9.52 Å². The van der Waals surface area contributed by atoms with E-state index in [1.165, 1.54) is 46.6 Å². The fourth-order valence-corrected chi connectivity index (χ4v) is 3.74. The molecule has 2 aromatic carbocycles. The fourth-order valence-electron chi connectivity index (χ4n) is 2.90. The van der Waals surface area contributed by atoms with Crippen LogP contribution in [0.4, 0.5) is 11.4 Å². The molecule has 0 fully saturated rings. The van der Waals surface area contributed by atoms with Crippen LogP contribution in [0.1, 0.15) is 5.56 Å². The average Bonchev–Trinajstić information content (AvgIpc) is 2.76. The summed E-state index contributed by atoms with van der Waals surface area (Å²) in [6.45, 7) is 0.160. The van der Waals surface area contributed by atoms with Gasteiger partial charge in [0, 0.05) is 12.1 Å². The van der Waals surface area contributed by atoms with Gasteiger partial charge in [0.25, 0.3) is 10.0 Å². The first kappa shape index (κ1) is 25.8. The Labute approximate surface area is 194 Å². The van der Waals surface area contributed by atoms with E-state index in [1.807, 2.05) is 0 Å². The number of methoxy groups -OCH3 is 4. The van der Waals surface area contributed by atoms with E-state index in [0.717, 1.165) is 5.41 Å². The third-order valence-electron chi connectivity index (χ3n) is 4.36. The van der Waals surface area contributed by atoms with Crippen LogP contribution in [-0.4, -0.2) is 68.3 Å². The Hall–Kier alpha value is -3.44. The predicted molar refractivity (Wildman–Crippen MR) is 128 cm³/mol. The number of amides is 1. The maximum atomic E-state index is 12.7. The molecule has 33 heavy (non-hydrogen) atoms. The summed E-state index contributed by atoms with van der Waals surface area (Å²) >= 11 is 0. The molecule has 1 amide bonds. The third-order valence-corrected chi connectivity index (χ3v) is 5.38. The molecular weight excluding hydrogens is 450 g/mol. The smallest absolute Gasteiger partial charge is 0.255 e. The van der Waals surface area contributed by atoms with Crippen molar-refractivity contribution in [3.63, 3.8) is 0 Å². The van der Waals surface area contributed by atoms with E-state index in [-0.39, 0.29) is 18.1 Å². The summed E-state index contributed by atoms with van der Waals surface area (Å²) < 4.78 is 49.0. The maximum Gasteiger partial charge on any atom is 0.255 e. The molecule has 2 N–H and O–H groups in total. The molecule has 0 saturated carbocycles. The quantitative estimate of drug-likeness (QED) is 0.505. The average molecular weight is 480 g/mol.